The van der Waals surface area contributed by atoms with E-state index in [0.717, 1.165) is 19.3 Å². The monoisotopic (exact) mass is 299 g/mol. The number of nitrogens with one attached hydrogen (secondary N) is 1. The van der Waals surface area contributed by atoms with Gasteiger partial charge in [-0.1, -0.05) is 6.92 Å². The molecule has 0 heterocycles. The van der Waals surface area contributed by atoms with Crippen LogP contribution in [0.25, 0.3) is 0 Å². The molecule has 17 heavy (non-hydrogen) atoms. The summed E-state index contributed by atoms with van der Waals surface area (Å²) in [6.45, 7) is 2.08. The van der Waals surface area contributed by atoms with E-state index in [0.29, 0.717) is 10.0 Å². The number of hydrogen-bond acceptors (Lipinski definition) is 1. The fourth-order valence-electron chi connectivity index (χ4n) is 2.15. The molecule has 1 fully saturated rings. The fourth-order valence-corrected chi connectivity index (χ4v) is 2.68. The van der Waals surface area contributed by atoms with E-state index < -0.39 is 0 Å². The Morgan fingerprint density at radius 2 is 2.24 bits per heavy atom. The van der Waals surface area contributed by atoms with Gasteiger partial charge in [0.2, 0.25) is 0 Å². The zero-order valence-electron chi connectivity index (χ0n) is 9.72. The van der Waals surface area contributed by atoms with Crippen LogP contribution >= 0.6 is 15.9 Å². The van der Waals surface area contributed by atoms with Gasteiger partial charge in [0.25, 0.3) is 5.91 Å². The molecule has 1 aliphatic rings. The smallest absolute Gasteiger partial charge is 0.252 e. The second kappa shape index (κ2) is 4.77. The molecule has 1 amide bonds. The molecule has 0 radical (unpaired) electrons. The van der Waals surface area contributed by atoms with Crippen LogP contribution in [0.5, 0.6) is 0 Å². The Kier molecular flexibility index (Phi) is 3.52. The van der Waals surface area contributed by atoms with Crippen molar-refractivity contribution in [2.45, 2.75) is 38.1 Å². The van der Waals surface area contributed by atoms with Crippen molar-refractivity contribution in [3.05, 3.63) is 34.1 Å². The standard InChI is InChI=1S/C13H15BrFNO/c1-2-13(6-3-7-13)16-12(17)10-5-4-9(15)8-11(10)14/h4-5,8H,2-3,6-7H2,1H3,(H,16,17). The molecule has 1 N–H and O–H groups in total. The largest absolute Gasteiger partial charge is 0.347 e. The van der Waals surface area contributed by atoms with Gasteiger partial charge in [0.1, 0.15) is 5.82 Å². The molecule has 0 saturated heterocycles. The molecule has 4 heteroatoms. The Balaban J connectivity index is 2.14. The summed E-state index contributed by atoms with van der Waals surface area (Å²) >= 11 is 3.22. The summed E-state index contributed by atoms with van der Waals surface area (Å²) in [5.41, 5.74) is 0.455. The molecule has 1 aliphatic carbocycles. The minimum absolute atomic E-state index is 0.0368. The molecule has 2 nitrogen and oxygen atoms in total. The van der Waals surface area contributed by atoms with Crippen molar-refractivity contribution in [2.75, 3.05) is 0 Å². The SMILES string of the molecule is CCC1(NC(=O)c2ccc(F)cc2Br)CCC1. The fraction of sp³-hybridized carbons (Fsp3) is 0.462. The van der Waals surface area contributed by atoms with E-state index >= 15 is 0 Å². The first kappa shape index (κ1) is 12.6. The normalized spacial score (nSPS) is 17.4. The van der Waals surface area contributed by atoms with Gasteiger partial charge in [-0.15, -0.1) is 0 Å². The summed E-state index contributed by atoms with van der Waals surface area (Å²) in [5, 5.41) is 3.06. The third-order valence-electron chi connectivity index (χ3n) is 3.54. The van der Waals surface area contributed by atoms with Crippen molar-refractivity contribution in [1.82, 2.24) is 5.32 Å². The number of hydrogen-bond donors (Lipinski definition) is 1. The van der Waals surface area contributed by atoms with Crippen LogP contribution in [0.15, 0.2) is 22.7 Å². The molecule has 0 unspecified atom stereocenters. The summed E-state index contributed by atoms with van der Waals surface area (Å²) in [5.74, 6) is -0.472. The molecule has 0 aromatic heterocycles. The van der Waals surface area contributed by atoms with Crippen LogP contribution < -0.4 is 5.32 Å². The average Bonchev–Trinajstić information content (AvgIpc) is 2.23. The van der Waals surface area contributed by atoms with Gasteiger partial charge >= 0.3 is 0 Å². The number of benzene rings is 1. The Morgan fingerprint density at radius 1 is 1.53 bits per heavy atom. The predicted octanol–water partition coefficient (Wildman–Crippen LogP) is 3.65. The number of rotatable bonds is 3. The molecule has 0 spiro atoms. The van der Waals surface area contributed by atoms with Gasteiger partial charge in [0.15, 0.2) is 0 Å². The van der Waals surface area contributed by atoms with Gasteiger partial charge in [0.05, 0.1) is 5.56 Å². The summed E-state index contributed by atoms with van der Waals surface area (Å²) in [4.78, 5) is 12.1. The van der Waals surface area contributed by atoms with E-state index in [-0.39, 0.29) is 17.3 Å². The maximum atomic E-state index is 12.9. The lowest BCUT2D eigenvalue weighted by Gasteiger charge is -2.42. The summed E-state index contributed by atoms with van der Waals surface area (Å²) in [6, 6.07) is 4.13. The average molecular weight is 300 g/mol. The molecule has 2 rings (SSSR count). The molecular weight excluding hydrogens is 285 g/mol. The zero-order chi connectivity index (χ0) is 12.5. The van der Waals surface area contributed by atoms with Crippen LogP contribution in [0.3, 0.4) is 0 Å². The number of carbonyl (C=O) groups is 1. The Bertz CT molecular complexity index is 438. The van der Waals surface area contributed by atoms with Crippen LogP contribution in [0, 0.1) is 5.82 Å². The maximum absolute atomic E-state index is 12.9. The van der Waals surface area contributed by atoms with E-state index in [4.69, 9.17) is 0 Å². The van der Waals surface area contributed by atoms with Crippen LogP contribution in [0.2, 0.25) is 0 Å². The van der Waals surface area contributed by atoms with Crippen LogP contribution in [0.1, 0.15) is 43.0 Å². The minimum Gasteiger partial charge on any atom is -0.347 e. The number of carbonyl (C=O) groups excluding carboxylic acids is 1. The lowest BCUT2D eigenvalue weighted by Crippen LogP contribution is -2.53. The zero-order valence-corrected chi connectivity index (χ0v) is 11.3. The lowest BCUT2D eigenvalue weighted by molar-refractivity contribution is 0.0819. The highest BCUT2D eigenvalue weighted by Gasteiger charge is 2.36. The van der Waals surface area contributed by atoms with E-state index in [2.05, 4.69) is 28.2 Å². The van der Waals surface area contributed by atoms with Crippen LogP contribution in [-0.2, 0) is 0 Å². The van der Waals surface area contributed by atoms with Gasteiger partial charge < -0.3 is 5.32 Å². The first-order valence-electron chi connectivity index (χ1n) is 5.84. The Morgan fingerprint density at radius 3 is 2.71 bits per heavy atom. The summed E-state index contributed by atoms with van der Waals surface area (Å²) < 4.78 is 13.4. The second-order valence-electron chi connectivity index (χ2n) is 4.57. The molecule has 1 aromatic rings. The highest BCUT2D eigenvalue weighted by molar-refractivity contribution is 9.10. The first-order chi connectivity index (χ1) is 8.06. The second-order valence-corrected chi connectivity index (χ2v) is 5.42. The lowest BCUT2D eigenvalue weighted by atomic mass is 9.74. The van der Waals surface area contributed by atoms with Crippen molar-refractivity contribution in [3.8, 4) is 0 Å². The van der Waals surface area contributed by atoms with Gasteiger partial charge in [0, 0.05) is 10.0 Å². The highest BCUT2D eigenvalue weighted by atomic mass is 79.9. The first-order valence-corrected chi connectivity index (χ1v) is 6.63. The summed E-state index contributed by atoms with van der Waals surface area (Å²) in [6.07, 6.45) is 4.18. The minimum atomic E-state index is -0.345. The van der Waals surface area contributed by atoms with Crippen LogP contribution in [0.4, 0.5) is 4.39 Å². The number of halogens is 2. The highest BCUT2D eigenvalue weighted by Crippen LogP contribution is 2.35. The van der Waals surface area contributed by atoms with Crippen molar-refractivity contribution in [1.29, 1.82) is 0 Å². The van der Waals surface area contributed by atoms with E-state index in [1.807, 2.05) is 0 Å². The quantitative estimate of drug-likeness (QED) is 0.907. The molecule has 0 aliphatic heterocycles. The van der Waals surface area contributed by atoms with Gasteiger partial charge in [-0.2, -0.15) is 0 Å². The van der Waals surface area contributed by atoms with E-state index in [1.54, 1.807) is 0 Å². The molecule has 0 bridgehead atoms. The Labute approximate surface area is 109 Å². The predicted molar refractivity (Wildman–Crippen MR) is 68.4 cm³/mol. The Hall–Kier alpha value is -0.900. The van der Waals surface area contributed by atoms with Crippen LogP contribution in [-0.4, -0.2) is 11.4 Å². The molecule has 1 saturated carbocycles. The molecule has 92 valence electrons. The van der Waals surface area contributed by atoms with Gasteiger partial charge in [-0.3, -0.25) is 4.79 Å². The maximum Gasteiger partial charge on any atom is 0.252 e. The molecular formula is C13H15BrFNO. The van der Waals surface area contributed by atoms with Gasteiger partial charge in [-0.25, -0.2) is 4.39 Å². The van der Waals surface area contributed by atoms with Crippen molar-refractivity contribution in [3.63, 3.8) is 0 Å². The van der Waals surface area contributed by atoms with E-state index in [1.165, 1.54) is 24.6 Å². The van der Waals surface area contributed by atoms with Crippen molar-refractivity contribution >= 4 is 21.8 Å². The summed E-state index contributed by atoms with van der Waals surface area (Å²) in [7, 11) is 0. The third-order valence-corrected chi connectivity index (χ3v) is 4.20. The van der Waals surface area contributed by atoms with E-state index in [9.17, 15) is 9.18 Å². The van der Waals surface area contributed by atoms with Crippen molar-refractivity contribution < 1.29 is 9.18 Å². The topological polar surface area (TPSA) is 29.1 Å². The molecule has 0 atom stereocenters. The van der Waals surface area contributed by atoms with Gasteiger partial charge in [-0.05, 0) is 59.8 Å². The molecule has 1 aromatic carbocycles. The number of amides is 1. The van der Waals surface area contributed by atoms with Crippen molar-refractivity contribution in [2.24, 2.45) is 0 Å². The third kappa shape index (κ3) is 2.51.